The Balaban J connectivity index is 2.12. The molecule has 3 rings (SSSR count). The van der Waals surface area contributed by atoms with Crippen LogP contribution in [0.25, 0.3) is 11.1 Å². The van der Waals surface area contributed by atoms with Crippen LogP contribution in [0.1, 0.15) is 21.7 Å². The predicted molar refractivity (Wildman–Crippen MR) is 63.7 cm³/mol. The van der Waals surface area contributed by atoms with Gasteiger partial charge in [-0.25, -0.2) is 4.79 Å². The standard InChI is InChI=1S/C13H9NO4/c1-7-9(4-5-17-7)12(15)8-2-3-10-11(6-8)18-13(16)14-10/h2-6H,1H3,(H,14,16). The maximum absolute atomic E-state index is 12.2. The molecule has 0 bridgehead atoms. The highest BCUT2D eigenvalue weighted by molar-refractivity contribution is 6.10. The molecular formula is C13H9NO4. The van der Waals surface area contributed by atoms with Crippen molar-refractivity contribution in [3.05, 3.63) is 58.0 Å². The lowest BCUT2D eigenvalue weighted by atomic mass is 10.0. The molecule has 5 heteroatoms. The summed E-state index contributed by atoms with van der Waals surface area (Å²) in [7, 11) is 0. The van der Waals surface area contributed by atoms with E-state index in [1.165, 1.54) is 6.26 Å². The van der Waals surface area contributed by atoms with E-state index < -0.39 is 5.76 Å². The van der Waals surface area contributed by atoms with Crippen LogP contribution in [0.5, 0.6) is 0 Å². The Hall–Kier alpha value is -2.56. The van der Waals surface area contributed by atoms with Crippen LogP contribution < -0.4 is 5.76 Å². The first kappa shape index (κ1) is 10.6. The number of hydrogen-bond acceptors (Lipinski definition) is 4. The Morgan fingerprint density at radius 3 is 2.83 bits per heavy atom. The van der Waals surface area contributed by atoms with Gasteiger partial charge in [0.05, 0.1) is 17.3 Å². The van der Waals surface area contributed by atoms with E-state index >= 15 is 0 Å². The Morgan fingerprint density at radius 2 is 2.11 bits per heavy atom. The van der Waals surface area contributed by atoms with Gasteiger partial charge in [0.15, 0.2) is 11.4 Å². The summed E-state index contributed by atoms with van der Waals surface area (Å²) in [5.74, 6) is -0.128. The topological polar surface area (TPSA) is 76.2 Å². The van der Waals surface area contributed by atoms with Gasteiger partial charge in [-0.1, -0.05) is 0 Å². The minimum absolute atomic E-state index is 0.160. The van der Waals surface area contributed by atoms with Gasteiger partial charge in [-0.2, -0.15) is 0 Å². The van der Waals surface area contributed by atoms with Crippen molar-refractivity contribution in [2.75, 3.05) is 0 Å². The fourth-order valence-corrected chi connectivity index (χ4v) is 1.86. The molecule has 0 amide bonds. The van der Waals surface area contributed by atoms with Gasteiger partial charge in [0, 0.05) is 5.56 Å². The lowest BCUT2D eigenvalue weighted by Gasteiger charge is -1.98. The van der Waals surface area contributed by atoms with Crippen LogP contribution in [0.2, 0.25) is 0 Å². The molecule has 5 nitrogen and oxygen atoms in total. The Morgan fingerprint density at radius 1 is 1.28 bits per heavy atom. The monoisotopic (exact) mass is 243 g/mol. The number of aromatic amines is 1. The molecule has 0 aliphatic rings. The fourth-order valence-electron chi connectivity index (χ4n) is 1.86. The third-order valence-electron chi connectivity index (χ3n) is 2.79. The highest BCUT2D eigenvalue weighted by Gasteiger charge is 2.15. The average molecular weight is 243 g/mol. The molecule has 0 unspecified atom stereocenters. The number of nitrogens with one attached hydrogen (secondary N) is 1. The molecule has 0 aliphatic heterocycles. The van der Waals surface area contributed by atoms with Crippen molar-refractivity contribution >= 4 is 16.9 Å². The average Bonchev–Trinajstić information content (AvgIpc) is 2.91. The van der Waals surface area contributed by atoms with E-state index in [4.69, 9.17) is 8.83 Å². The van der Waals surface area contributed by atoms with Crippen LogP contribution >= 0.6 is 0 Å². The van der Waals surface area contributed by atoms with Crippen molar-refractivity contribution in [3.8, 4) is 0 Å². The Kier molecular flexibility index (Phi) is 2.19. The number of carbonyl (C=O) groups is 1. The van der Waals surface area contributed by atoms with Crippen LogP contribution in [0.4, 0.5) is 0 Å². The van der Waals surface area contributed by atoms with E-state index in [2.05, 4.69) is 4.98 Å². The molecule has 1 N–H and O–H groups in total. The molecule has 0 radical (unpaired) electrons. The molecule has 0 spiro atoms. The van der Waals surface area contributed by atoms with Crippen LogP contribution in [-0.4, -0.2) is 10.8 Å². The molecule has 2 aromatic heterocycles. The summed E-state index contributed by atoms with van der Waals surface area (Å²) < 4.78 is 10.0. The summed E-state index contributed by atoms with van der Waals surface area (Å²) in [5, 5.41) is 0. The first-order chi connectivity index (χ1) is 8.65. The number of hydrogen-bond donors (Lipinski definition) is 1. The third kappa shape index (κ3) is 1.57. The number of rotatable bonds is 2. The first-order valence-corrected chi connectivity index (χ1v) is 5.37. The molecular weight excluding hydrogens is 234 g/mol. The summed E-state index contributed by atoms with van der Waals surface area (Å²) in [6, 6.07) is 6.45. The molecule has 0 saturated carbocycles. The molecule has 3 aromatic rings. The van der Waals surface area contributed by atoms with Crippen molar-refractivity contribution < 1.29 is 13.6 Å². The van der Waals surface area contributed by atoms with Gasteiger partial charge < -0.3 is 8.83 Å². The van der Waals surface area contributed by atoms with E-state index in [0.717, 1.165) is 0 Å². The van der Waals surface area contributed by atoms with Gasteiger partial charge in [-0.3, -0.25) is 9.78 Å². The van der Waals surface area contributed by atoms with Gasteiger partial charge in [0.2, 0.25) is 0 Å². The number of furan rings is 1. The number of fused-ring (bicyclic) bond motifs is 1. The number of oxazole rings is 1. The molecule has 90 valence electrons. The maximum atomic E-state index is 12.2. The number of benzene rings is 1. The zero-order valence-corrected chi connectivity index (χ0v) is 9.52. The van der Waals surface area contributed by atoms with Crippen LogP contribution in [0, 0.1) is 6.92 Å². The zero-order valence-electron chi connectivity index (χ0n) is 9.52. The molecule has 18 heavy (non-hydrogen) atoms. The second-order valence-electron chi connectivity index (χ2n) is 3.95. The molecule has 2 heterocycles. The number of aryl methyl sites for hydroxylation is 1. The minimum atomic E-state index is -0.533. The van der Waals surface area contributed by atoms with E-state index in [1.54, 1.807) is 31.2 Å². The van der Waals surface area contributed by atoms with Gasteiger partial charge >= 0.3 is 5.76 Å². The Labute approximate surface area is 101 Å². The maximum Gasteiger partial charge on any atom is 0.417 e. The SMILES string of the molecule is Cc1occc1C(=O)c1ccc2[nH]c(=O)oc2c1. The summed E-state index contributed by atoms with van der Waals surface area (Å²) >= 11 is 0. The smallest absolute Gasteiger partial charge is 0.417 e. The molecule has 0 atom stereocenters. The second-order valence-corrected chi connectivity index (χ2v) is 3.95. The minimum Gasteiger partial charge on any atom is -0.469 e. The highest BCUT2D eigenvalue weighted by atomic mass is 16.4. The number of aromatic nitrogens is 1. The largest absolute Gasteiger partial charge is 0.469 e. The van der Waals surface area contributed by atoms with Crippen LogP contribution in [0.15, 0.2) is 44.2 Å². The van der Waals surface area contributed by atoms with Crippen LogP contribution in [-0.2, 0) is 0 Å². The quantitative estimate of drug-likeness (QED) is 0.700. The predicted octanol–water partition coefficient (Wildman–Crippen LogP) is 2.25. The van der Waals surface area contributed by atoms with Crippen molar-refractivity contribution in [1.29, 1.82) is 0 Å². The summed E-state index contributed by atoms with van der Waals surface area (Å²) in [6.07, 6.45) is 1.47. The molecule has 0 aliphatic carbocycles. The van der Waals surface area contributed by atoms with Gasteiger partial charge in [-0.15, -0.1) is 0 Å². The second kappa shape index (κ2) is 3.73. The third-order valence-corrected chi connectivity index (χ3v) is 2.79. The number of carbonyl (C=O) groups excluding carboxylic acids is 1. The van der Waals surface area contributed by atoms with E-state index in [9.17, 15) is 9.59 Å². The van der Waals surface area contributed by atoms with Crippen LogP contribution in [0.3, 0.4) is 0 Å². The summed E-state index contributed by atoms with van der Waals surface area (Å²) in [4.78, 5) is 25.7. The summed E-state index contributed by atoms with van der Waals surface area (Å²) in [6.45, 7) is 1.72. The zero-order chi connectivity index (χ0) is 12.7. The Bertz CT molecular complexity index is 791. The fraction of sp³-hybridized carbons (Fsp3) is 0.0769. The van der Waals surface area contributed by atoms with Crippen molar-refractivity contribution in [3.63, 3.8) is 0 Å². The number of H-pyrrole nitrogens is 1. The van der Waals surface area contributed by atoms with Gasteiger partial charge in [0.1, 0.15) is 5.76 Å². The van der Waals surface area contributed by atoms with Gasteiger partial charge in [-0.05, 0) is 31.2 Å². The van der Waals surface area contributed by atoms with E-state index in [-0.39, 0.29) is 5.78 Å². The first-order valence-electron chi connectivity index (χ1n) is 5.37. The lowest BCUT2D eigenvalue weighted by molar-refractivity contribution is 0.103. The van der Waals surface area contributed by atoms with Crippen molar-refractivity contribution in [1.82, 2.24) is 4.98 Å². The number of ketones is 1. The van der Waals surface area contributed by atoms with Crippen molar-refractivity contribution in [2.24, 2.45) is 0 Å². The summed E-state index contributed by atoms with van der Waals surface area (Å²) in [5.41, 5.74) is 1.90. The normalized spacial score (nSPS) is 10.9. The van der Waals surface area contributed by atoms with E-state index in [0.29, 0.717) is 28.0 Å². The van der Waals surface area contributed by atoms with E-state index in [1.807, 2.05) is 0 Å². The van der Waals surface area contributed by atoms with Crippen molar-refractivity contribution in [2.45, 2.75) is 6.92 Å². The highest BCUT2D eigenvalue weighted by Crippen LogP contribution is 2.18. The molecule has 1 aromatic carbocycles. The van der Waals surface area contributed by atoms with Gasteiger partial charge in [0.25, 0.3) is 0 Å². The molecule has 0 fully saturated rings. The molecule has 0 saturated heterocycles. The lowest BCUT2D eigenvalue weighted by Crippen LogP contribution is -2.01.